The largest absolute Gasteiger partial charge is 0.465 e. The van der Waals surface area contributed by atoms with Gasteiger partial charge in [0.25, 0.3) is 0 Å². The fourth-order valence-corrected chi connectivity index (χ4v) is 5.67. The third-order valence-corrected chi connectivity index (χ3v) is 7.38. The van der Waals surface area contributed by atoms with Crippen molar-refractivity contribution < 1.29 is 17.9 Å². The van der Waals surface area contributed by atoms with Gasteiger partial charge in [-0.15, -0.1) is 22.7 Å². The molecular formula is C19H19NO4S3. The van der Waals surface area contributed by atoms with Gasteiger partial charge in [0.15, 0.2) is 0 Å². The van der Waals surface area contributed by atoms with E-state index in [1.165, 1.54) is 34.1 Å². The van der Waals surface area contributed by atoms with Crippen molar-refractivity contribution in [2.45, 2.75) is 18.8 Å². The number of methoxy groups -OCH3 is 1. The minimum Gasteiger partial charge on any atom is -0.465 e. The van der Waals surface area contributed by atoms with E-state index >= 15 is 0 Å². The van der Waals surface area contributed by atoms with Crippen LogP contribution in [0.4, 0.5) is 0 Å². The van der Waals surface area contributed by atoms with Gasteiger partial charge in [-0.2, -0.15) is 4.31 Å². The third kappa shape index (κ3) is 5.26. The first-order valence-corrected chi connectivity index (χ1v) is 11.5. The fourth-order valence-electron chi connectivity index (χ4n) is 2.61. The van der Waals surface area contributed by atoms with Crippen LogP contribution in [0.15, 0.2) is 59.3 Å². The van der Waals surface area contributed by atoms with Gasteiger partial charge in [0.05, 0.1) is 18.4 Å². The number of carbonyl (C=O) groups excluding carboxylic acids is 1. The maximum atomic E-state index is 13.1. The minimum absolute atomic E-state index is 0.172. The summed E-state index contributed by atoms with van der Waals surface area (Å²) >= 11 is 3.06. The number of hydrogen-bond acceptors (Lipinski definition) is 6. The Morgan fingerprint density at radius 2 is 1.63 bits per heavy atom. The summed E-state index contributed by atoms with van der Waals surface area (Å²) in [5, 5.41) is 3.87. The number of ether oxygens (including phenoxy) is 1. The highest BCUT2D eigenvalue weighted by atomic mass is 32.2. The summed E-state index contributed by atoms with van der Waals surface area (Å²) in [7, 11) is -2.28. The van der Waals surface area contributed by atoms with Crippen LogP contribution in [0.2, 0.25) is 0 Å². The topological polar surface area (TPSA) is 63.7 Å². The predicted molar refractivity (Wildman–Crippen MR) is 108 cm³/mol. The second kappa shape index (κ2) is 8.79. The molecule has 0 saturated heterocycles. The number of benzene rings is 1. The van der Waals surface area contributed by atoms with Crippen LogP contribution in [0, 0.1) is 0 Å². The van der Waals surface area contributed by atoms with Gasteiger partial charge in [-0.3, -0.25) is 0 Å². The van der Waals surface area contributed by atoms with Gasteiger partial charge in [-0.05, 0) is 40.6 Å². The van der Waals surface area contributed by atoms with Crippen molar-refractivity contribution in [2.24, 2.45) is 0 Å². The number of sulfonamides is 1. The van der Waals surface area contributed by atoms with Crippen LogP contribution in [-0.2, 0) is 33.6 Å². The highest BCUT2D eigenvalue weighted by Crippen LogP contribution is 2.22. The Morgan fingerprint density at radius 1 is 1.00 bits per heavy atom. The molecule has 0 aliphatic heterocycles. The molecule has 3 rings (SSSR count). The smallest absolute Gasteiger partial charge is 0.337 e. The molecule has 0 saturated carbocycles. The number of carbonyl (C=O) groups is 1. The molecule has 27 heavy (non-hydrogen) atoms. The number of rotatable bonds is 8. The SMILES string of the molecule is COC(=O)c1cccc(CS(=O)(=O)N(Cc2cccs2)Cc2cccs2)c1. The highest BCUT2D eigenvalue weighted by molar-refractivity contribution is 7.88. The van der Waals surface area contributed by atoms with Crippen LogP contribution < -0.4 is 0 Å². The Balaban J connectivity index is 1.84. The average Bonchev–Trinajstić information content (AvgIpc) is 3.34. The molecule has 0 aliphatic carbocycles. The third-order valence-electron chi connectivity index (χ3n) is 3.92. The normalized spacial score (nSPS) is 11.6. The molecule has 0 N–H and O–H groups in total. The van der Waals surface area contributed by atoms with E-state index in [1.54, 1.807) is 24.3 Å². The molecule has 0 bridgehead atoms. The quantitative estimate of drug-likeness (QED) is 0.513. The van der Waals surface area contributed by atoms with E-state index in [0.717, 1.165) is 9.75 Å². The molecular weight excluding hydrogens is 402 g/mol. The summed E-state index contributed by atoms with van der Waals surface area (Å²) in [5.74, 6) is -0.655. The van der Waals surface area contributed by atoms with Crippen LogP contribution >= 0.6 is 22.7 Å². The Labute approximate surface area is 166 Å². The zero-order valence-electron chi connectivity index (χ0n) is 14.7. The molecule has 0 unspecified atom stereocenters. The van der Waals surface area contributed by atoms with E-state index in [1.807, 2.05) is 35.0 Å². The first-order chi connectivity index (χ1) is 13.0. The van der Waals surface area contributed by atoms with E-state index in [4.69, 9.17) is 4.74 Å². The van der Waals surface area contributed by atoms with Gasteiger partial charge >= 0.3 is 5.97 Å². The summed E-state index contributed by atoms with van der Waals surface area (Å²) in [4.78, 5) is 13.7. The monoisotopic (exact) mass is 421 g/mol. The summed E-state index contributed by atoms with van der Waals surface area (Å²) in [6, 6.07) is 14.2. The Morgan fingerprint density at radius 3 is 2.15 bits per heavy atom. The molecule has 8 heteroatoms. The van der Waals surface area contributed by atoms with Crippen molar-refractivity contribution >= 4 is 38.7 Å². The Hall–Kier alpha value is -2.00. The van der Waals surface area contributed by atoms with Crippen molar-refractivity contribution in [3.05, 3.63) is 80.2 Å². The molecule has 0 fully saturated rings. The Bertz CT molecular complexity index is 944. The van der Waals surface area contributed by atoms with Crippen molar-refractivity contribution in [1.29, 1.82) is 0 Å². The maximum absolute atomic E-state index is 13.1. The first kappa shape index (κ1) is 19.8. The van der Waals surface area contributed by atoms with Gasteiger partial charge in [0, 0.05) is 22.8 Å². The lowest BCUT2D eigenvalue weighted by Crippen LogP contribution is -2.30. The highest BCUT2D eigenvalue weighted by Gasteiger charge is 2.24. The van der Waals surface area contributed by atoms with E-state index in [2.05, 4.69) is 0 Å². The van der Waals surface area contributed by atoms with E-state index in [9.17, 15) is 13.2 Å². The minimum atomic E-state index is -3.58. The van der Waals surface area contributed by atoms with Crippen LogP contribution in [0.3, 0.4) is 0 Å². The van der Waals surface area contributed by atoms with Gasteiger partial charge in [0.1, 0.15) is 0 Å². The van der Waals surface area contributed by atoms with Crippen molar-refractivity contribution in [3.8, 4) is 0 Å². The summed E-state index contributed by atoms with van der Waals surface area (Å²) in [6.45, 7) is 0.656. The van der Waals surface area contributed by atoms with Crippen molar-refractivity contribution in [1.82, 2.24) is 4.31 Å². The zero-order chi connectivity index (χ0) is 19.3. The number of esters is 1. The molecule has 3 aromatic rings. The van der Waals surface area contributed by atoms with Crippen LogP contribution in [0.25, 0.3) is 0 Å². The van der Waals surface area contributed by atoms with E-state index < -0.39 is 16.0 Å². The molecule has 0 radical (unpaired) electrons. The molecule has 0 spiro atoms. The maximum Gasteiger partial charge on any atom is 0.337 e. The summed E-state index contributed by atoms with van der Waals surface area (Å²) < 4.78 is 32.5. The van der Waals surface area contributed by atoms with Gasteiger partial charge in [0.2, 0.25) is 10.0 Å². The molecule has 142 valence electrons. The van der Waals surface area contributed by atoms with E-state index in [-0.39, 0.29) is 5.75 Å². The van der Waals surface area contributed by atoms with Gasteiger partial charge < -0.3 is 4.74 Å². The predicted octanol–water partition coefficient (Wildman–Crippen LogP) is 4.13. The molecule has 0 atom stereocenters. The van der Waals surface area contributed by atoms with Crippen LogP contribution in [-0.4, -0.2) is 25.8 Å². The van der Waals surface area contributed by atoms with E-state index in [0.29, 0.717) is 24.2 Å². The lowest BCUT2D eigenvalue weighted by Gasteiger charge is -2.21. The lowest BCUT2D eigenvalue weighted by molar-refractivity contribution is 0.0600. The van der Waals surface area contributed by atoms with Gasteiger partial charge in [-0.1, -0.05) is 24.3 Å². The van der Waals surface area contributed by atoms with Crippen molar-refractivity contribution in [3.63, 3.8) is 0 Å². The second-order valence-electron chi connectivity index (χ2n) is 5.87. The number of nitrogens with zero attached hydrogens (tertiary/aromatic N) is 1. The average molecular weight is 422 g/mol. The molecule has 1 aromatic carbocycles. The number of hydrogen-bond donors (Lipinski definition) is 0. The number of thiophene rings is 2. The standard InChI is InChI=1S/C19H19NO4S3/c1-24-19(21)16-6-2-5-15(11-16)14-27(22,23)20(12-17-7-3-9-25-17)13-18-8-4-10-26-18/h2-11H,12-14H2,1H3. The fraction of sp³-hybridized carbons (Fsp3) is 0.211. The van der Waals surface area contributed by atoms with Crippen molar-refractivity contribution in [2.75, 3.05) is 7.11 Å². The lowest BCUT2D eigenvalue weighted by atomic mass is 10.1. The van der Waals surface area contributed by atoms with Gasteiger partial charge in [-0.25, -0.2) is 13.2 Å². The van der Waals surface area contributed by atoms with Crippen LogP contribution in [0.1, 0.15) is 25.7 Å². The first-order valence-electron chi connectivity index (χ1n) is 8.18. The van der Waals surface area contributed by atoms with Crippen LogP contribution in [0.5, 0.6) is 0 Å². The Kier molecular flexibility index (Phi) is 6.43. The molecule has 2 heterocycles. The summed E-state index contributed by atoms with van der Waals surface area (Å²) in [5.41, 5.74) is 0.897. The molecule has 0 amide bonds. The zero-order valence-corrected chi connectivity index (χ0v) is 17.1. The molecule has 5 nitrogen and oxygen atoms in total. The molecule has 0 aliphatic rings. The molecule has 2 aromatic heterocycles. The summed E-state index contributed by atoms with van der Waals surface area (Å²) in [6.07, 6.45) is 0. The second-order valence-corrected chi connectivity index (χ2v) is 9.91.